The third-order valence-corrected chi connectivity index (χ3v) is 4.42. The van der Waals surface area contributed by atoms with Crippen molar-refractivity contribution in [2.45, 2.75) is 44.2 Å². The zero-order valence-electron chi connectivity index (χ0n) is 9.29. The molecule has 0 aromatic rings. The molecule has 16 heavy (non-hydrogen) atoms. The second-order valence-electron chi connectivity index (χ2n) is 5.79. The van der Waals surface area contributed by atoms with Crippen LogP contribution in [0.15, 0.2) is 11.6 Å². The first-order valence-electron chi connectivity index (χ1n) is 6.16. The Labute approximate surface area is 94.5 Å². The van der Waals surface area contributed by atoms with E-state index in [1.165, 1.54) is 5.57 Å². The van der Waals surface area contributed by atoms with Crippen LogP contribution in [0.5, 0.6) is 0 Å². The summed E-state index contributed by atoms with van der Waals surface area (Å²) >= 11 is 0. The molecule has 0 aliphatic heterocycles. The molecule has 1 N–H and O–H groups in total. The van der Waals surface area contributed by atoms with E-state index < -0.39 is 11.6 Å². The van der Waals surface area contributed by atoms with Crippen molar-refractivity contribution in [3.05, 3.63) is 11.6 Å². The first-order valence-corrected chi connectivity index (χ1v) is 6.16. The zero-order chi connectivity index (χ0) is 11.3. The standard InChI is InChI=1S/C13H17FO2/c14-13(1-2-13)7-8-3-9-5-10(6-12(15)16)11(9)4-8/h4,9-11H,1-3,5-7H2,(H,15,16)/t9-,10?,11-/m1/s1. The van der Waals surface area contributed by atoms with Crippen LogP contribution < -0.4 is 0 Å². The van der Waals surface area contributed by atoms with Crippen molar-refractivity contribution in [1.82, 2.24) is 0 Å². The van der Waals surface area contributed by atoms with Crippen molar-refractivity contribution < 1.29 is 14.3 Å². The maximum atomic E-state index is 13.6. The molecule has 88 valence electrons. The smallest absolute Gasteiger partial charge is 0.303 e. The average molecular weight is 224 g/mol. The van der Waals surface area contributed by atoms with Gasteiger partial charge in [0.15, 0.2) is 0 Å². The molecule has 0 saturated heterocycles. The fourth-order valence-corrected chi connectivity index (χ4v) is 3.35. The Bertz CT molecular complexity index is 357. The molecule has 0 aromatic carbocycles. The maximum Gasteiger partial charge on any atom is 0.303 e. The highest BCUT2D eigenvalue weighted by Gasteiger charge is 2.48. The Kier molecular flexibility index (Phi) is 2.13. The van der Waals surface area contributed by atoms with E-state index in [2.05, 4.69) is 6.08 Å². The number of halogens is 1. The lowest BCUT2D eigenvalue weighted by atomic mass is 9.65. The van der Waals surface area contributed by atoms with Crippen LogP contribution in [0.1, 0.15) is 38.5 Å². The fourth-order valence-electron chi connectivity index (χ4n) is 3.35. The van der Waals surface area contributed by atoms with E-state index in [0.717, 1.165) is 25.7 Å². The van der Waals surface area contributed by atoms with Crippen molar-refractivity contribution in [3.63, 3.8) is 0 Å². The largest absolute Gasteiger partial charge is 0.481 e. The van der Waals surface area contributed by atoms with Crippen LogP contribution in [0.25, 0.3) is 0 Å². The minimum atomic E-state index is -0.891. The number of fused-ring (bicyclic) bond motifs is 1. The molecule has 3 aliphatic carbocycles. The Morgan fingerprint density at radius 3 is 2.94 bits per heavy atom. The Morgan fingerprint density at radius 1 is 1.56 bits per heavy atom. The number of rotatable bonds is 4. The average Bonchev–Trinajstić information content (AvgIpc) is 2.80. The highest BCUT2D eigenvalue weighted by molar-refractivity contribution is 5.67. The normalized spacial score (nSPS) is 38.6. The molecule has 2 fully saturated rings. The third-order valence-electron chi connectivity index (χ3n) is 4.42. The highest BCUT2D eigenvalue weighted by atomic mass is 19.1. The molecule has 0 radical (unpaired) electrons. The lowest BCUT2D eigenvalue weighted by Crippen LogP contribution is -2.34. The third kappa shape index (κ3) is 1.76. The lowest BCUT2D eigenvalue weighted by molar-refractivity contribution is -0.139. The van der Waals surface area contributed by atoms with E-state index in [-0.39, 0.29) is 6.42 Å². The van der Waals surface area contributed by atoms with Crippen LogP contribution in [0.2, 0.25) is 0 Å². The van der Waals surface area contributed by atoms with Crippen molar-refractivity contribution in [2.75, 3.05) is 0 Å². The van der Waals surface area contributed by atoms with Gasteiger partial charge in [-0.3, -0.25) is 4.79 Å². The molecule has 3 heteroatoms. The Hall–Kier alpha value is -0.860. The predicted molar refractivity (Wildman–Crippen MR) is 57.7 cm³/mol. The Balaban J connectivity index is 1.59. The van der Waals surface area contributed by atoms with E-state index in [0.29, 0.717) is 24.2 Å². The van der Waals surface area contributed by atoms with Crippen LogP contribution in [-0.2, 0) is 4.79 Å². The van der Waals surface area contributed by atoms with Gasteiger partial charge in [-0.25, -0.2) is 4.39 Å². The molecule has 0 bridgehead atoms. The van der Waals surface area contributed by atoms with Crippen molar-refractivity contribution in [1.29, 1.82) is 0 Å². The van der Waals surface area contributed by atoms with Crippen molar-refractivity contribution >= 4 is 5.97 Å². The second-order valence-corrected chi connectivity index (χ2v) is 5.79. The van der Waals surface area contributed by atoms with Crippen LogP contribution in [0, 0.1) is 17.8 Å². The first-order chi connectivity index (χ1) is 7.56. The zero-order valence-corrected chi connectivity index (χ0v) is 9.29. The number of carboxylic acids is 1. The molecule has 2 saturated carbocycles. The molecular weight excluding hydrogens is 207 g/mol. The number of alkyl halides is 1. The van der Waals surface area contributed by atoms with Gasteiger partial charge in [-0.15, -0.1) is 0 Å². The molecule has 3 atom stereocenters. The van der Waals surface area contributed by atoms with Gasteiger partial charge in [0, 0.05) is 12.8 Å². The number of hydrogen-bond acceptors (Lipinski definition) is 1. The van der Waals surface area contributed by atoms with E-state index >= 15 is 0 Å². The molecule has 3 rings (SSSR count). The van der Waals surface area contributed by atoms with E-state index in [1.54, 1.807) is 0 Å². The van der Waals surface area contributed by atoms with Gasteiger partial charge in [-0.2, -0.15) is 0 Å². The van der Waals surface area contributed by atoms with Gasteiger partial charge in [0.05, 0.1) is 0 Å². The number of hydrogen-bond donors (Lipinski definition) is 1. The summed E-state index contributed by atoms with van der Waals surface area (Å²) in [4.78, 5) is 10.6. The topological polar surface area (TPSA) is 37.3 Å². The Morgan fingerprint density at radius 2 is 2.31 bits per heavy atom. The quantitative estimate of drug-likeness (QED) is 0.745. The number of carbonyl (C=O) groups is 1. The minimum Gasteiger partial charge on any atom is -0.481 e. The summed E-state index contributed by atoms with van der Waals surface area (Å²) in [5.41, 5.74) is 0.362. The van der Waals surface area contributed by atoms with Crippen LogP contribution >= 0.6 is 0 Å². The molecule has 1 unspecified atom stereocenters. The molecule has 0 heterocycles. The predicted octanol–water partition coefficient (Wildman–Crippen LogP) is 2.94. The summed E-state index contributed by atoms with van der Waals surface area (Å²) in [6, 6.07) is 0. The summed E-state index contributed by atoms with van der Waals surface area (Å²) in [6.45, 7) is 0. The highest BCUT2D eigenvalue weighted by Crippen LogP contribution is 2.55. The van der Waals surface area contributed by atoms with E-state index in [1.807, 2.05) is 0 Å². The summed E-state index contributed by atoms with van der Waals surface area (Å²) < 4.78 is 13.6. The number of aliphatic carboxylic acids is 1. The van der Waals surface area contributed by atoms with Gasteiger partial charge < -0.3 is 5.11 Å². The molecule has 0 amide bonds. The van der Waals surface area contributed by atoms with E-state index in [4.69, 9.17) is 5.11 Å². The second kappa shape index (κ2) is 3.31. The fraction of sp³-hybridized carbons (Fsp3) is 0.769. The molecule has 0 aromatic heterocycles. The first kappa shape index (κ1) is 10.3. The minimum absolute atomic E-state index is 0.283. The van der Waals surface area contributed by atoms with Crippen LogP contribution in [0.3, 0.4) is 0 Å². The SMILES string of the molecule is O=C(O)CC1C[C@H]2CC(CC3(F)CC3)=C[C@@H]12. The summed E-state index contributed by atoms with van der Waals surface area (Å²) in [5.74, 6) is 0.680. The summed E-state index contributed by atoms with van der Waals surface area (Å²) in [6.07, 6.45) is 6.56. The van der Waals surface area contributed by atoms with Gasteiger partial charge in [-0.05, 0) is 43.4 Å². The van der Waals surface area contributed by atoms with Gasteiger partial charge in [0.1, 0.15) is 5.67 Å². The number of carboxylic acid groups (broad SMARTS) is 1. The monoisotopic (exact) mass is 224 g/mol. The summed E-state index contributed by atoms with van der Waals surface area (Å²) in [5, 5.41) is 8.75. The number of allylic oxidation sites excluding steroid dienone is 2. The van der Waals surface area contributed by atoms with E-state index in [9.17, 15) is 9.18 Å². The van der Waals surface area contributed by atoms with Crippen LogP contribution in [-0.4, -0.2) is 16.7 Å². The van der Waals surface area contributed by atoms with Crippen molar-refractivity contribution in [2.24, 2.45) is 17.8 Å². The van der Waals surface area contributed by atoms with Crippen molar-refractivity contribution in [3.8, 4) is 0 Å². The van der Waals surface area contributed by atoms with Gasteiger partial charge in [0.25, 0.3) is 0 Å². The van der Waals surface area contributed by atoms with Gasteiger partial charge in [0.2, 0.25) is 0 Å². The molecule has 0 spiro atoms. The van der Waals surface area contributed by atoms with Gasteiger partial charge >= 0.3 is 5.97 Å². The van der Waals surface area contributed by atoms with Crippen LogP contribution in [0.4, 0.5) is 4.39 Å². The van der Waals surface area contributed by atoms with Gasteiger partial charge in [-0.1, -0.05) is 11.6 Å². The maximum absolute atomic E-state index is 13.6. The molecular formula is C13H17FO2. The molecule has 3 aliphatic rings. The lowest BCUT2D eigenvalue weighted by Gasteiger charge is -2.39. The molecule has 2 nitrogen and oxygen atoms in total. The summed E-state index contributed by atoms with van der Waals surface area (Å²) in [7, 11) is 0.